The van der Waals surface area contributed by atoms with Crippen molar-refractivity contribution in [2.45, 2.75) is 26.7 Å². The van der Waals surface area contributed by atoms with Crippen LogP contribution in [0.5, 0.6) is 0 Å². The summed E-state index contributed by atoms with van der Waals surface area (Å²) in [6.07, 6.45) is 2.59. The van der Waals surface area contributed by atoms with Crippen LogP contribution in [-0.2, 0) is 14.4 Å². The monoisotopic (exact) mass is 617 g/mol. The maximum absolute atomic E-state index is 13.5. The molecule has 1 heterocycles. The summed E-state index contributed by atoms with van der Waals surface area (Å²) in [5.41, 5.74) is 3.64. The van der Waals surface area contributed by atoms with Crippen LogP contribution >= 0.6 is 0 Å². The third-order valence-electron chi connectivity index (χ3n) is 7.11. The molecule has 0 atom stereocenters. The van der Waals surface area contributed by atoms with Gasteiger partial charge in [0.05, 0.1) is 0 Å². The standard InChI is InChI=1S/C30H32FN3O3.C4H4O4/c1-21-4-3-5-28(20-21)34(30(37)25-8-12-27(13-9-25)32-22(2)35)19-18-33-16-14-24(15-17-33)29(36)23-6-10-26(31)11-7-23;5-3(6)1-2-4(7)8/h3-13,20,24H,14-19H2,1-2H3,(H,32,35);1-2H,(H,5,6)(H,7,8). The van der Waals surface area contributed by atoms with Crippen LogP contribution in [0.4, 0.5) is 15.8 Å². The van der Waals surface area contributed by atoms with Gasteiger partial charge in [-0.2, -0.15) is 0 Å². The van der Waals surface area contributed by atoms with E-state index in [0.29, 0.717) is 42.1 Å². The lowest BCUT2D eigenvalue weighted by Gasteiger charge is -2.33. The Kier molecular flexibility index (Phi) is 12.7. The number of likely N-dealkylation sites (tertiary alicyclic amines) is 1. The first-order valence-electron chi connectivity index (χ1n) is 14.3. The van der Waals surface area contributed by atoms with Gasteiger partial charge < -0.3 is 25.3 Å². The summed E-state index contributed by atoms with van der Waals surface area (Å²) < 4.78 is 13.2. The van der Waals surface area contributed by atoms with Crippen molar-refractivity contribution in [1.82, 2.24) is 4.90 Å². The number of carbonyl (C=O) groups is 5. The fourth-order valence-corrected chi connectivity index (χ4v) is 4.85. The number of hydrogen-bond donors (Lipinski definition) is 3. The summed E-state index contributed by atoms with van der Waals surface area (Å²) in [6.45, 7) is 6.16. The van der Waals surface area contributed by atoms with Gasteiger partial charge in [0.1, 0.15) is 5.82 Å². The molecule has 0 saturated carbocycles. The second kappa shape index (κ2) is 16.6. The topological polar surface area (TPSA) is 144 Å². The number of benzene rings is 3. The molecule has 10 nitrogen and oxygen atoms in total. The smallest absolute Gasteiger partial charge is 0.328 e. The first-order valence-corrected chi connectivity index (χ1v) is 14.3. The number of nitrogens with one attached hydrogen (secondary N) is 1. The molecule has 1 fully saturated rings. The van der Waals surface area contributed by atoms with E-state index in [1.165, 1.54) is 19.1 Å². The van der Waals surface area contributed by atoms with Gasteiger partial charge >= 0.3 is 11.9 Å². The molecule has 0 spiro atoms. The summed E-state index contributed by atoms with van der Waals surface area (Å²) >= 11 is 0. The van der Waals surface area contributed by atoms with Crippen molar-refractivity contribution in [3.05, 3.63) is 107 Å². The first-order chi connectivity index (χ1) is 21.4. The molecule has 3 aromatic rings. The predicted molar refractivity (Wildman–Crippen MR) is 168 cm³/mol. The number of aryl methyl sites for hydroxylation is 1. The van der Waals surface area contributed by atoms with Gasteiger partial charge in [0.25, 0.3) is 5.91 Å². The molecule has 45 heavy (non-hydrogen) atoms. The fraction of sp³-hybridized carbons (Fsp3) is 0.265. The number of anilines is 2. The average molecular weight is 618 g/mol. The van der Waals surface area contributed by atoms with Gasteiger partial charge in [-0.3, -0.25) is 14.4 Å². The van der Waals surface area contributed by atoms with Gasteiger partial charge in [-0.05, 0) is 99.1 Å². The molecule has 236 valence electrons. The lowest BCUT2D eigenvalue weighted by molar-refractivity contribution is -0.134. The molecule has 2 amide bonds. The number of carbonyl (C=O) groups excluding carboxylic acids is 3. The third kappa shape index (κ3) is 11.1. The molecule has 0 aromatic heterocycles. The zero-order valence-electron chi connectivity index (χ0n) is 25.1. The van der Waals surface area contributed by atoms with Crippen LogP contribution in [0.3, 0.4) is 0 Å². The molecule has 3 N–H and O–H groups in total. The van der Waals surface area contributed by atoms with E-state index in [1.54, 1.807) is 41.3 Å². The van der Waals surface area contributed by atoms with Gasteiger partial charge in [-0.1, -0.05) is 12.1 Å². The Hall–Kier alpha value is -5.16. The lowest BCUT2D eigenvalue weighted by atomic mass is 9.89. The van der Waals surface area contributed by atoms with Crippen LogP contribution in [0.1, 0.15) is 46.0 Å². The summed E-state index contributed by atoms with van der Waals surface area (Å²) in [7, 11) is 0. The Balaban J connectivity index is 0.000000610. The number of carboxylic acids is 2. The van der Waals surface area contributed by atoms with Gasteiger partial charge in [0.2, 0.25) is 5.91 Å². The second-order valence-corrected chi connectivity index (χ2v) is 10.6. The van der Waals surface area contributed by atoms with Crippen molar-refractivity contribution >= 4 is 40.9 Å². The van der Waals surface area contributed by atoms with Crippen molar-refractivity contribution in [3.8, 4) is 0 Å². The highest BCUT2D eigenvalue weighted by molar-refractivity contribution is 6.06. The highest BCUT2D eigenvalue weighted by Crippen LogP contribution is 2.24. The van der Waals surface area contributed by atoms with Crippen molar-refractivity contribution in [1.29, 1.82) is 0 Å². The Morgan fingerprint density at radius 1 is 0.889 bits per heavy atom. The largest absolute Gasteiger partial charge is 0.478 e. The van der Waals surface area contributed by atoms with Crippen LogP contribution in [0.15, 0.2) is 84.9 Å². The summed E-state index contributed by atoms with van der Waals surface area (Å²) in [5.74, 6) is -3.13. The highest BCUT2D eigenvalue weighted by Gasteiger charge is 2.27. The summed E-state index contributed by atoms with van der Waals surface area (Å²) in [5, 5.41) is 18.3. The predicted octanol–water partition coefficient (Wildman–Crippen LogP) is 5.05. The second-order valence-electron chi connectivity index (χ2n) is 10.6. The van der Waals surface area contributed by atoms with E-state index in [0.717, 1.165) is 37.2 Å². The molecule has 11 heteroatoms. The Labute approximate surface area is 260 Å². The maximum atomic E-state index is 13.5. The van der Waals surface area contributed by atoms with Crippen LogP contribution in [0, 0.1) is 18.7 Å². The van der Waals surface area contributed by atoms with E-state index in [1.807, 2.05) is 31.2 Å². The molecule has 1 aliphatic rings. The van der Waals surface area contributed by atoms with Gasteiger partial charge in [-0.15, -0.1) is 0 Å². The Morgan fingerprint density at radius 3 is 2.00 bits per heavy atom. The molecule has 3 aromatic carbocycles. The van der Waals surface area contributed by atoms with Crippen molar-refractivity contribution in [2.75, 3.05) is 36.4 Å². The minimum Gasteiger partial charge on any atom is -0.478 e. The highest BCUT2D eigenvalue weighted by atomic mass is 19.1. The molecule has 4 rings (SSSR count). The number of nitrogens with zero attached hydrogens (tertiary/aromatic N) is 2. The lowest BCUT2D eigenvalue weighted by Crippen LogP contribution is -2.43. The molecule has 0 unspecified atom stereocenters. The number of rotatable bonds is 10. The number of halogens is 1. The number of amides is 2. The van der Waals surface area contributed by atoms with E-state index in [9.17, 15) is 28.4 Å². The van der Waals surface area contributed by atoms with Crippen molar-refractivity contribution < 1.29 is 38.6 Å². The van der Waals surface area contributed by atoms with Gasteiger partial charge in [0.15, 0.2) is 5.78 Å². The van der Waals surface area contributed by atoms with Crippen LogP contribution in [0.2, 0.25) is 0 Å². The minimum atomic E-state index is -1.26. The maximum Gasteiger partial charge on any atom is 0.328 e. The summed E-state index contributed by atoms with van der Waals surface area (Å²) in [6, 6.07) is 20.5. The van der Waals surface area contributed by atoms with Crippen LogP contribution in [-0.4, -0.2) is 70.8 Å². The van der Waals surface area contributed by atoms with E-state index in [-0.39, 0.29) is 29.3 Å². The number of carboxylic acid groups (broad SMARTS) is 2. The SMILES string of the molecule is CC(=O)Nc1ccc(C(=O)N(CCN2CCC(C(=O)c3ccc(F)cc3)CC2)c2cccc(C)c2)cc1.O=C(O)C=CC(=O)O. The number of piperidine rings is 1. The van der Waals surface area contributed by atoms with E-state index < -0.39 is 11.9 Å². The van der Waals surface area contributed by atoms with Gasteiger partial charge in [0, 0.05) is 60.6 Å². The quantitative estimate of drug-likeness (QED) is 0.212. The zero-order chi connectivity index (χ0) is 32.9. The van der Waals surface area contributed by atoms with E-state index in [4.69, 9.17) is 10.2 Å². The molecular weight excluding hydrogens is 581 g/mol. The summed E-state index contributed by atoms with van der Waals surface area (Å²) in [4.78, 5) is 60.8. The molecular formula is C34H36FN3O7. The van der Waals surface area contributed by atoms with E-state index >= 15 is 0 Å². The normalized spacial score (nSPS) is 13.4. The van der Waals surface area contributed by atoms with Crippen LogP contribution < -0.4 is 10.2 Å². The third-order valence-corrected chi connectivity index (χ3v) is 7.11. The molecule has 0 aliphatic carbocycles. The average Bonchev–Trinajstić information content (AvgIpc) is 3.01. The van der Waals surface area contributed by atoms with Crippen LogP contribution in [0.25, 0.3) is 0 Å². The Morgan fingerprint density at radius 2 is 1.47 bits per heavy atom. The first kappa shape index (κ1) is 34.3. The van der Waals surface area contributed by atoms with Gasteiger partial charge in [-0.25, -0.2) is 14.0 Å². The number of Topliss-reactive ketones (excluding diaryl/α,β-unsaturated/α-hetero) is 1. The molecule has 1 saturated heterocycles. The van der Waals surface area contributed by atoms with Crippen molar-refractivity contribution in [3.63, 3.8) is 0 Å². The van der Waals surface area contributed by atoms with E-state index in [2.05, 4.69) is 10.2 Å². The zero-order valence-corrected chi connectivity index (χ0v) is 25.1. The number of hydrogen-bond acceptors (Lipinski definition) is 6. The molecule has 0 bridgehead atoms. The molecule has 1 aliphatic heterocycles. The van der Waals surface area contributed by atoms with Crippen molar-refractivity contribution in [2.24, 2.45) is 5.92 Å². The fourth-order valence-electron chi connectivity index (χ4n) is 4.85. The molecule has 0 radical (unpaired) electrons. The minimum absolute atomic E-state index is 0.0684. The Bertz CT molecular complexity index is 1510. The number of ketones is 1. The number of aliphatic carboxylic acids is 2.